The molecule has 0 aliphatic rings. The number of aromatic nitrogens is 3. The Hall–Kier alpha value is -4.13. The average Bonchev–Trinajstić information content (AvgIpc) is 3.38. The number of hydrogen-bond acceptors (Lipinski definition) is 3. The number of benzene rings is 2. The molecule has 2 N–H and O–H groups in total. The van der Waals surface area contributed by atoms with Crippen LogP contribution in [0.25, 0.3) is 11.4 Å². The lowest BCUT2D eigenvalue weighted by Crippen LogP contribution is -2.42. The predicted molar refractivity (Wildman–Crippen MR) is 114 cm³/mol. The number of hydrazine groups is 1. The first-order chi connectivity index (χ1) is 14.6. The Kier molecular flexibility index (Phi) is 5.17. The summed E-state index contributed by atoms with van der Waals surface area (Å²) in [6, 6.07) is 21.0. The molecule has 150 valence electrons. The molecule has 0 aliphatic heterocycles. The van der Waals surface area contributed by atoms with E-state index in [0.29, 0.717) is 11.3 Å². The zero-order valence-corrected chi connectivity index (χ0v) is 16.7. The highest BCUT2D eigenvalue weighted by Crippen LogP contribution is 2.20. The van der Waals surface area contributed by atoms with Gasteiger partial charge in [0, 0.05) is 22.8 Å². The maximum Gasteiger partial charge on any atom is 0.288 e. The number of aryl methyl sites for hydroxylation is 1. The first-order valence-electron chi connectivity index (χ1n) is 9.49. The van der Waals surface area contributed by atoms with Gasteiger partial charge in [-0.3, -0.25) is 25.0 Å². The molecule has 2 aromatic carbocycles. The van der Waals surface area contributed by atoms with Gasteiger partial charge in [-0.1, -0.05) is 36.4 Å². The van der Waals surface area contributed by atoms with Gasteiger partial charge >= 0.3 is 0 Å². The van der Waals surface area contributed by atoms with Crippen LogP contribution >= 0.6 is 0 Å². The van der Waals surface area contributed by atoms with Gasteiger partial charge in [0.1, 0.15) is 5.69 Å². The van der Waals surface area contributed by atoms with E-state index in [1.54, 1.807) is 17.0 Å². The third-order valence-corrected chi connectivity index (χ3v) is 4.89. The van der Waals surface area contributed by atoms with Crippen LogP contribution in [0.15, 0.2) is 79.3 Å². The lowest BCUT2D eigenvalue weighted by molar-refractivity contribution is 0.0842. The molecule has 4 rings (SSSR count). The smallest absolute Gasteiger partial charge is 0.288 e. The van der Waals surface area contributed by atoms with Crippen LogP contribution in [0.4, 0.5) is 0 Å². The zero-order valence-electron chi connectivity index (χ0n) is 16.7. The molecule has 0 bridgehead atoms. The first kappa shape index (κ1) is 19.2. The first-order valence-corrected chi connectivity index (χ1v) is 9.49. The number of carbonyl (C=O) groups excluding carboxylic acids is 2. The Bertz CT molecular complexity index is 1190. The van der Waals surface area contributed by atoms with E-state index in [1.807, 2.05) is 79.1 Å². The normalized spacial score (nSPS) is 10.6. The summed E-state index contributed by atoms with van der Waals surface area (Å²) in [5.41, 5.74) is 9.29. The molecular formula is C23H21N5O2. The van der Waals surface area contributed by atoms with Gasteiger partial charge in [-0.2, -0.15) is 0 Å². The Morgan fingerprint density at radius 3 is 2.10 bits per heavy atom. The van der Waals surface area contributed by atoms with Crippen molar-refractivity contribution in [2.75, 3.05) is 0 Å². The molecule has 7 nitrogen and oxygen atoms in total. The summed E-state index contributed by atoms with van der Waals surface area (Å²) in [5.74, 6) is -0.842. The summed E-state index contributed by atoms with van der Waals surface area (Å²) < 4.78 is 3.66. The summed E-state index contributed by atoms with van der Waals surface area (Å²) in [5, 5.41) is 0. The van der Waals surface area contributed by atoms with Gasteiger partial charge in [0.15, 0.2) is 0 Å². The monoisotopic (exact) mass is 399 g/mol. The van der Waals surface area contributed by atoms with Crippen LogP contribution in [0.1, 0.15) is 32.2 Å². The predicted octanol–water partition coefficient (Wildman–Crippen LogP) is 3.35. The number of amides is 2. The van der Waals surface area contributed by atoms with E-state index in [2.05, 4.69) is 15.8 Å². The molecule has 7 heteroatoms. The third kappa shape index (κ3) is 3.60. The van der Waals surface area contributed by atoms with Crippen molar-refractivity contribution >= 4 is 11.8 Å². The van der Waals surface area contributed by atoms with Crippen molar-refractivity contribution < 1.29 is 9.59 Å². The Balaban J connectivity index is 1.50. The Morgan fingerprint density at radius 2 is 1.43 bits per heavy atom. The van der Waals surface area contributed by atoms with Gasteiger partial charge in [0.2, 0.25) is 0 Å². The molecule has 0 radical (unpaired) electrons. The SMILES string of the molecule is Cc1cc(C(=O)NNC(=O)c2cncn2-c2ccccc2)c(C)n1-c1ccccc1. The second kappa shape index (κ2) is 8.08. The number of carbonyl (C=O) groups is 2. The molecule has 2 heterocycles. The van der Waals surface area contributed by atoms with Gasteiger partial charge < -0.3 is 4.57 Å². The number of nitrogens with zero attached hydrogens (tertiary/aromatic N) is 3. The number of hydrogen-bond donors (Lipinski definition) is 2. The summed E-state index contributed by atoms with van der Waals surface area (Å²) in [4.78, 5) is 29.4. The summed E-state index contributed by atoms with van der Waals surface area (Å²) >= 11 is 0. The Labute approximate surface area is 174 Å². The zero-order chi connectivity index (χ0) is 21.1. The van der Waals surface area contributed by atoms with Gasteiger partial charge in [-0.25, -0.2) is 4.98 Å². The molecule has 0 unspecified atom stereocenters. The van der Waals surface area contributed by atoms with Crippen molar-refractivity contribution in [3.63, 3.8) is 0 Å². The molecule has 0 saturated heterocycles. The fourth-order valence-electron chi connectivity index (χ4n) is 3.47. The van der Waals surface area contributed by atoms with E-state index in [0.717, 1.165) is 22.8 Å². The second-order valence-corrected chi connectivity index (χ2v) is 6.85. The van der Waals surface area contributed by atoms with Gasteiger partial charge in [-0.05, 0) is 44.2 Å². The van der Waals surface area contributed by atoms with Crippen molar-refractivity contribution in [1.82, 2.24) is 25.0 Å². The lowest BCUT2D eigenvalue weighted by atomic mass is 10.2. The van der Waals surface area contributed by atoms with E-state index in [1.165, 1.54) is 6.20 Å². The minimum Gasteiger partial charge on any atom is -0.318 e. The van der Waals surface area contributed by atoms with Crippen LogP contribution in [0.3, 0.4) is 0 Å². The minimum atomic E-state index is -0.457. The summed E-state index contributed by atoms with van der Waals surface area (Å²) in [6.07, 6.45) is 3.01. The van der Waals surface area contributed by atoms with Crippen molar-refractivity contribution in [1.29, 1.82) is 0 Å². The van der Waals surface area contributed by atoms with Crippen LogP contribution in [0.2, 0.25) is 0 Å². The number of para-hydroxylation sites is 2. The summed E-state index contributed by atoms with van der Waals surface area (Å²) in [6.45, 7) is 3.81. The molecule has 0 fully saturated rings. The summed E-state index contributed by atoms with van der Waals surface area (Å²) in [7, 11) is 0. The highest BCUT2D eigenvalue weighted by Gasteiger charge is 2.18. The van der Waals surface area contributed by atoms with Crippen molar-refractivity contribution in [3.05, 3.63) is 102 Å². The van der Waals surface area contributed by atoms with E-state index in [-0.39, 0.29) is 5.91 Å². The largest absolute Gasteiger partial charge is 0.318 e. The number of nitrogens with one attached hydrogen (secondary N) is 2. The Morgan fingerprint density at radius 1 is 0.833 bits per heavy atom. The molecule has 30 heavy (non-hydrogen) atoms. The van der Waals surface area contributed by atoms with Crippen LogP contribution in [-0.4, -0.2) is 25.9 Å². The average molecular weight is 399 g/mol. The highest BCUT2D eigenvalue weighted by atomic mass is 16.2. The highest BCUT2D eigenvalue weighted by molar-refractivity contribution is 5.99. The maximum absolute atomic E-state index is 12.7. The van der Waals surface area contributed by atoms with Gasteiger partial charge in [-0.15, -0.1) is 0 Å². The molecule has 2 amide bonds. The molecule has 4 aromatic rings. The quantitative estimate of drug-likeness (QED) is 0.517. The van der Waals surface area contributed by atoms with Crippen molar-refractivity contribution in [2.45, 2.75) is 13.8 Å². The number of imidazole rings is 1. The van der Waals surface area contributed by atoms with Crippen LogP contribution in [0, 0.1) is 13.8 Å². The number of rotatable bonds is 4. The fraction of sp³-hybridized carbons (Fsp3) is 0.0870. The maximum atomic E-state index is 12.7. The minimum absolute atomic E-state index is 0.316. The van der Waals surface area contributed by atoms with E-state index < -0.39 is 5.91 Å². The third-order valence-electron chi connectivity index (χ3n) is 4.89. The van der Waals surface area contributed by atoms with Crippen LogP contribution in [-0.2, 0) is 0 Å². The molecule has 0 spiro atoms. The second-order valence-electron chi connectivity index (χ2n) is 6.85. The van der Waals surface area contributed by atoms with Gasteiger partial charge in [0.25, 0.3) is 11.8 Å². The topological polar surface area (TPSA) is 81.0 Å². The van der Waals surface area contributed by atoms with E-state index >= 15 is 0 Å². The molecule has 2 aromatic heterocycles. The van der Waals surface area contributed by atoms with E-state index in [9.17, 15) is 9.59 Å². The lowest BCUT2D eigenvalue weighted by Gasteiger charge is -2.11. The van der Waals surface area contributed by atoms with Crippen LogP contribution in [0.5, 0.6) is 0 Å². The van der Waals surface area contributed by atoms with Gasteiger partial charge in [0.05, 0.1) is 18.1 Å². The molecular weight excluding hydrogens is 378 g/mol. The van der Waals surface area contributed by atoms with E-state index in [4.69, 9.17) is 0 Å². The van der Waals surface area contributed by atoms with Crippen LogP contribution < -0.4 is 10.9 Å². The standard InChI is InChI=1S/C23H21N5O2/c1-16-13-20(17(2)28(16)19-11-7-4-8-12-19)22(29)25-26-23(30)21-14-24-15-27(21)18-9-5-3-6-10-18/h3-15H,1-2H3,(H,25,29)(H,26,30). The van der Waals surface area contributed by atoms with Crippen molar-refractivity contribution in [3.8, 4) is 11.4 Å². The fourth-order valence-corrected chi connectivity index (χ4v) is 3.47. The molecule has 0 atom stereocenters. The van der Waals surface area contributed by atoms with Crippen molar-refractivity contribution in [2.24, 2.45) is 0 Å². The molecule has 0 aliphatic carbocycles. The molecule has 0 saturated carbocycles.